The first-order valence-electron chi connectivity index (χ1n) is 12.0. The van der Waals surface area contributed by atoms with Crippen LogP contribution in [0.4, 0.5) is 5.69 Å². The van der Waals surface area contributed by atoms with Crippen LogP contribution in [-0.4, -0.2) is 57.4 Å². The second kappa shape index (κ2) is 10.6. The van der Waals surface area contributed by atoms with Gasteiger partial charge in [-0.1, -0.05) is 0 Å². The van der Waals surface area contributed by atoms with Gasteiger partial charge in [-0.15, -0.1) is 11.3 Å². The number of hydrogen-bond donors (Lipinski definition) is 3. The zero-order chi connectivity index (χ0) is 24.2. The van der Waals surface area contributed by atoms with Gasteiger partial charge in [-0.25, -0.2) is 4.98 Å². The SMILES string of the molecule is CC1NCc2nn(C3CCOCC3)cc2NC(=O)c2csc(n2)-c2ccnc(c2)CCCNC1=O. The molecule has 1 atom stereocenters. The van der Waals surface area contributed by atoms with Gasteiger partial charge < -0.3 is 20.7 Å². The van der Waals surface area contributed by atoms with Crippen molar-refractivity contribution in [1.82, 2.24) is 30.4 Å². The van der Waals surface area contributed by atoms with Gasteiger partial charge in [0.1, 0.15) is 10.7 Å². The Morgan fingerprint density at radius 3 is 2.94 bits per heavy atom. The molecule has 0 spiro atoms. The Labute approximate surface area is 207 Å². The van der Waals surface area contributed by atoms with Crippen LogP contribution in [0.1, 0.15) is 54.1 Å². The number of aromatic nitrogens is 4. The van der Waals surface area contributed by atoms with E-state index in [0.717, 1.165) is 41.9 Å². The molecule has 3 aromatic heterocycles. The maximum absolute atomic E-state index is 13.1. The van der Waals surface area contributed by atoms with E-state index in [1.54, 1.807) is 11.6 Å². The second-order valence-electron chi connectivity index (χ2n) is 8.84. The molecule has 5 rings (SSSR count). The highest BCUT2D eigenvalue weighted by atomic mass is 32.1. The third kappa shape index (κ3) is 5.58. The molecule has 2 amide bonds. The highest BCUT2D eigenvalue weighted by Crippen LogP contribution is 2.27. The normalized spacial score (nSPS) is 20.3. The lowest BCUT2D eigenvalue weighted by molar-refractivity contribution is -0.122. The van der Waals surface area contributed by atoms with E-state index in [0.29, 0.717) is 43.4 Å². The number of anilines is 1. The van der Waals surface area contributed by atoms with E-state index in [2.05, 4.69) is 25.9 Å². The molecule has 1 fully saturated rings. The van der Waals surface area contributed by atoms with Crippen LogP contribution in [-0.2, 0) is 22.5 Å². The van der Waals surface area contributed by atoms with Gasteiger partial charge in [0, 0.05) is 55.3 Å². The van der Waals surface area contributed by atoms with Gasteiger partial charge in [0.05, 0.1) is 23.5 Å². The van der Waals surface area contributed by atoms with Gasteiger partial charge in [0.2, 0.25) is 5.91 Å². The number of carbonyl (C=O) groups is 2. The summed E-state index contributed by atoms with van der Waals surface area (Å²) in [6.45, 7) is 4.11. The van der Waals surface area contributed by atoms with Gasteiger partial charge in [-0.05, 0) is 44.7 Å². The number of ether oxygens (including phenoxy) is 1. The first kappa shape index (κ1) is 23.6. The van der Waals surface area contributed by atoms with Crippen molar-refractivity contribution in [2.75, 3.05) is 25.1 Å². The maximum atomic E-state index is 13.1. The molecule has 11 heteroatoms. The molecule has 0 aromatic carbocycles. The molecule has 5 heterocycles. The number of carbonyl (C=O) groups excluding carboxylic acids is 2. The predicted molar refractivity (Wildman–Crippen MR) is 132 cm³/mol. The van der Waals surface area contributed by atoms with Gasteiger partial charge >= 0.3 is 0 Å². The monoisotopic (exact) mass is 495 g/mol. The van der Waals surface area contributed by atoms with Crippen molar-refractivity contribution in [2.24, 2.45) is 0 Å². The number of nitrogens with one attached hydrogen (secondary N) is 3. The fraction of sp³-hybridized carbons (Fsp3) is 0.458. The average molecular weight is 496 g/mol. The molecule has 2 aliphatic rings. The summed E-state index contributed by atoms with van der Waals surface area (Å²) < 4.78 is 7.39. The predicted octanol–water partition coefficient (Wildman–Crippen LogP) is 2.55. The quantitative estimate of drug-likeness (QED) is 0.474. The number of thiazole rings is 1. The standard InChI is InChI=1S/C24H29N7O3S/c1-15-22(32)26-7-2-3-17-11-16(4-8-25-17)24-29-21(14-35-24)23(33)28-20-13-31(30-19(20)12-27-15)18-5-9-34-10-6-18/h4,8,11,13-15,18,27H,2-3,5-7,9-10,12H2,1H3,(H,26,32)(H,28,33). The van der Waals surface area contributed by atoms with E-state index in [1.165, 1.54) is 11.3 Å². The fourth-order valence-corrected chi connectivity index (χ4v) is 5.02. The van der Waals surface area contributed by atoms with E-state index in [1.807, 2.05) is 29.9 Å². The van der Waals surface area contributed by atoms with Crippen molar-refractivity contribution < 1.29 is 14.3 Å². The van der Waals surface area contributed by atoms with Crippen LogP contribution >= 0.6 is 11.3 Å². The van der Waals surface area contributed by atoms with E-state index in [4.69, 9.17) is 9.84 Å². The van der Waals surface area contributed by atoms with Crippen molar-refractivity contribution in [3.63, 3.8) is 0 Å². The molecular weight excluding hydrogens is 466 g/mol. The molecule has 3 N–H and O–H groups in total. The number of aryl methyl sites for hydroxylation is 1. The van der Waals surface area contributed by atoms with Gasteiger partial charge in [0.25, 0.3) is 5.91 Å². The van der Waals surface area contributed by atoms with Crippen LogP contribution in [0.3, 0.4) is 0 Å². The van der Waals surface area contributed by atoms with Crippen LogP contribution in [0, 0.1) is 0 Å². The summed E-state index contributed by atoms with van der Waals surface area (Å²) in [5.41, 5.74) is 3.50. The van der Waals surface area contributed by atoms with Gasteiger partial charge in [-0.2, -0.15) is 5.10 Å². The fourth-order valence-electron chi connectivity index (χ4n) is 4.22. The van der Waals surface area contributed by atoms with Crippen LogP contribution in [0.15, 0.2) is 29.9 Å². The van der Waals surface area contributed by atoms with Crippen LogP contribution in [0.2, 0.25) is 0 Å². The summed E-state index contributed by atoms with van der Waals surface area (Å²) in [5.74, 6) is -0.363. The number of nitrogens with zero attached hydrogens (tertiary/aromatic N) is 4. The Kier molecular flexibility index (Phi) is 7.16. The van der Waals surface area contributed by atoms with Gasteiger partial charge in [-0.3, -0.25) is 19.3 Å². The van der Waals surface area contributed by atoms with Crippen LogP contribution in [0.25, 0.3) is 10.6 Å². The smallest absolute Gasteiger partial charge is 0.275 e. The molecular formula is C24H29N7O3S. The Hall–Kier alpha value is -3.15. The molecule has 2 aliphatic heterocycles. The molecule has 1 unspecified atom stereocenters. The molecule has 0 saturated carbocycles. The minimum atomic E-state index is -0.409. The lowest BCUT2D eigenvalue weighted by atomic mass is 10.1. The largest absolute Gasteiger partial charge is 0.381 e. The number of pyridine rings is 1. The summed E-state index contributed by atoms with van der Waals surface area (Å²) in [6.07, 6.45) is 6.87. The summed E-state index contributed by atoms with van der Waals surface area (Å²) in [5, 5.41) is 16.5. The third-order valence-electron chi connectivity index (χ3n) is 6.30. The molecule has 184 valence electrons. The summed E-state index contributed by atoms with van der Waals surface area (Å²) in [6, 6.07) is 3.69. The lowest BCUT2D eigenvalue weighted by Gasteiger charge is -2.22. The van der Waals surface area contributed by atoms with E-state index in [9.17, 15) is 9.59 Å². The number of hydrogen-bond acceptors (Lipinski definition) is 8. The zero-order valence-corrected chi connectivity index (χ0v) is 20.4. The van der Waals surface area contributed by atoms with Crippen LogP contribution < -0.4 is 16.0 Å². The lowest BCUT2D eigenvalue weighted by Crippen LogP contribution is -2.42. The highest BCUT2D eigenvalue weighted by molar-refractivity contribution is 7.13. The van der Waals surface area contributed by atoms with E-state index < -0.39 is 6.04 Å². The van der Waals surface area contributed by atoms with Crippen molar-refractivity contribution in [2.45, 2.75) is 51.2 Å². The molecule has 4 bridgehead atoms. The Morgan fingerprint density at radius 1 is 1.23 bits per heavy atom. The summed E-state index contributed by atoms with van der Waals surface area (Å²) in [7, 11) is 0. The Bertz CT molecular complexity index is 1200. The topological polar surface area (TPSA) is 123 Å². The zero-order valence-electron chi connectivity index (χ0n) is 19.6. The van der Waals surface area contributed by atoms with Crippen molar-refractivity contribution in [3.8, 4) is 10.6 Å². The van der Waals surface area contributed by atoms with Crippen molar-refractivity contribution in [1.29, 1.82) is 0 Å². The molecule has 1 saturated heterocycles. The highest BCUT2D eigenvalue weighted by Gasteiger charge is 2.22. The maximum Gasteiger partial charge on any atom is 0.275 e. The first-order chi connectivity index (χ1) is 17.1. The number of fused-ring (bicyclic) bond motifs is 6. The number of amides is 2. The Morgan fingerprint density at radius 2 is 2.09 bits per heavy atom. The molecule has 0 radical (unpaired) electrons. The Balaban J connectivity index is 1.45. The van der Waals surface area contributed by atoms with Gasteiger partial charge in [0.15, 0.2) is 0 Å². The molecule has 3 aromatic rings. The van der Waals surface area contributed by atoms with E-state index in [-0.39, 0.29) is 17.9 Å². The van der Waals surface area contributed by atoms with Crippen molar-refractivity contribution in [3.05, 3.63) is 47.0 Å². The molecule has 10 nitrogen and oxygen atoms in total. The second-order valence-corrected chi connectivity index (χ2v) is 9.70. The number of rotatable bonds is 1. The minimum Gasteiger partial charge on any atom is -0.381 e. The summed E-state index contributed by atoms with van der Waals surface area (Å²) in [4.78, 5) is 34.7. The molecule has 35 heavy (non-hydrogen) atoms. The molecule has 0 aliphatic carbocycles. The minimum absolute atomic E-state index is 0.0729. The summed E-state index contributed by atoms with van der Waals surface area (Å²) >= 11 is 1.43. The average Bonchev–Trinajstić information content (AvgIpc) is 3.53. The third-order valence-corrected chi connectivity index (χ3v) is 7.19. The van der Waals surface area contributed by atoms with Crippen LogP contribution in [0.5, 0.6) is 0 Å². The van der Waals surface area contributed by atoms with E-state index >= 15 is 0 Å². The first-order valence-corrected chi connectivity index (χ1v) is 12.8. The van der Waals surface area contributed by atoms with Crippen molar-refractivity contribution >= 4 is 28.8 Å².